The van der Waals surface area contributed by atoms with Crippen molar-refractivity contribution in [2.24, 2.45) is 17.6 Å². The largest absolute Gasteiger partial charge is 0.356 e. The van der Waals surface area contributed by atoms with E-state index in [2.05, 4.69) is 27.5 Å². The van der Waals surface area contributed by atoms with Crippen LogP contribution in [0.15, 0.2) is 5.38 Å². The normalized spacial score (nSPS) is 23.9. The first-order valence-corrected chi connectivity index (χ1v) is 10.1. The van der Waals surface area contributed by atoms with E-state index >= 15 is 0 Å². The lowest BCUT2D eigenvalue weighted by Crippen LogP contribution is -2.39. The number of likely N-dealkylation sites (tertiary alicyclic amines) is 1. The van der Waals surface area contributed by atoms with Crippen LogP contribution < -0.4 is 11.1 Å². The molecule has 2 fully saturated rings. The number of rotatable bonds is 6. The smallest absolute Gasteiger partial charge is 0.220 e. The van der Waals surface area contributed by atoms with Gasteiger partial charge in [-0.25, -0.2) is 4.98 Å². The molecule has 3 rings (SSSR count). The lowest BCUT2D eigenvalue weighted by molar-refractivity contribution is -0.122. The number of nitrogens with two attached hydrogens (primary N) is 1. The molecule has 1 aliphatic carbocycles. The number of carbonyl (C=O) groups is 1. The monoisotopic (exact) mass is 422 g/mol. The van der Waals surface area contributed by atoms with Crippen LogP contribution in [0.4, 0.5) is 0 Å². The Morgan fingerprint density at radius 1 is 1.31 bits per heavy atom. The molecule has 5 nitrogen and oxygen atoms in total. The third kappa shape index (κ3) is 6.97. The fourth-order valence-corrected chi connectivity index (χ4v) is 4.55. The summed E-state index contributed by atoms with van der Waals surface area (Å²) in [4.78, 5) is 19.1. The zero-order chi connectivity index (χ0) is 16.9. The molecule has 8 heteroatoms. The number of aromatic nitrogens is 1. The van der Waals surface area contributed by atoms with Gasteiger partial charge in [-0.15, -0.1) is 36.2 Å². The molecule has 2 aliphatic rings. The van der Waals surface area contributed by atoms with Gasteiger partial charge in [-0.2, -0.15) is 0 Å². The van der Waals surface area contributed by atoms with E-state index in [-0.39, 0.29) is 36.8 Å². The number of piperidine rings is 1. The van der Waals surface area contributed by atoms with E-state index < -0.39 is 0 Å². The summed E-state index contributed by atoms with van der Waals surface area (Å²) in [6, 6.07) is 0.230. The molecule has 0 aromatic carbocycles. The van der Waals surface area contributed by atoms with Gasteiger partial charge >= 0.3 is 0 Å². The highest BCUT2D eigenvalue weighted by atomic mass is 35.5. The Labute approximate surface area is 173 Å². The predicted octanol–water partition coefficient (Wildman–Crippen LogP) is 3.14. The summed E-state index contributed by atoms with van der Waals surface area (Å²) < 4.78 is 0. The van der Waals surface area contributed by atoms with Gasteiger partial charge in [-0.1, -0.05) is 6.42 Å². The molecule has 3 N–H and O–H groups in total. The molecule has 1 aromatic rings. The second-order valence-corrected chi connectivity index (χ2v) is 8.50. The maximum atomic E-state index is 12.1. The van der Waals surface area contributed by atoms with Gasteiger partial charge in [0.15, 0.2) is 0 Å². The third-order valence-corrected chi connectivity index (χ3v) is 6.34. The minimum atomic E-state index is 0. The van der Waals surface area contributed by atoms with Crippen molar-refractivity contribution in [3.63, 3.8) is 0 Å². The highest BCUT2D eigenvalue weighted by molar-refractivity contribution is 7.09. The summed E-state index contributed by atoms with van der Waals surface area (Å²) >= 11 is 1.72. The second kappa shape index (κ2) is 11.4. The quantitative estimate of drug-likeness (QED) is 0.738. The molecule has 1 saturated heterocycles. The fourth-order valence-electron chi connectivity index (χ4n) is 3.95. The first kappa shape index (κ1) is 23.6. The molecule has 0 bridgehead atoms. The molecule has 0 spiro atoms. The Bertz CT molecular complexity index is 549. The lowest BCUT2D eigenvalue weighted by atomic mass is 9.96. The summed E-state index contributed by atoms with van der Waals surface area (Å²) in [5.74, 6) is 1.20. The maximum Gasteiger partial charge on any atom is 0.220 e. The molecule has 0 radical (unpaired) electrons. The van der Waals surface area contributed by atoms with Crippen LogP contribution >= 0.6 is 36.2 Å². The molecule has 150 valence electrons. The van der Waals surface area contributed by atoms with Crippen molar-refractivity contribution in [3.8, 4) is 0 Å². The number of halogens is 2. The summed E-state index contributed by atoms with van der Waals surface area (Å²) in [5, 5.41) is 6.45. The Balaban J connectivity index is 0.00000169. The number of hydrogen-bond acceptors (Lipinski definition) is 5. The van der Waals surface area contributed by atoms with E-state index in [4.69, 9.17) is 5.73 Å². The molecule has 1 amide bonds. The Morgan fingerprint density at radius 3 is 2.62 bits per heavy atom. The Hall–Kier alpha value is -0.400. The topological polar surface area (TPSA) is 71.2 Å². The highest BCUT2D eigenvalue weighted by Gasteiger charge is 2.26. The number of nitrogens with one attached hydrogen (secondary N) is 1. The van der Waals surface area contributed by atoms with Gasteiger partial charge in [0, 0.05) is 30.9 Å². The van der Waals surface area contributed by atoms with E-state index in [1.165, 1.54) is 12.1 Å². The van der Waals surface area contributed by atoms with Gasteiger partial charge in [-0.3, -0.25) is 9.69 Å². The van der Waals surface area contributed by atoms with Crippen LogP contribution in [-0.4, -0.2) is 41.5 Å². The van der Waals surface area contributed by atoms with Gasteiger partial charge < -0.3 is 11.1 Å². The summed E-state index contributed by atoms with van der Waals surface area (Å²) in [6.07, 6.45) is 6.30. The minimum absolute atomic E-state index is 0. The Morgan fingerprint density at radius 2 is 2.04 bits per heavy atom. The average Bonchev–Trinajstić information content (AvgIpc) is 3.15. The molecule has 2 atom stereocenters. The molecule has 0 unspecified atom stereocenters. The molecule has 26 heavy (non-hydrogen) atoms. The summed E-state index contributed by atoms with van der Waals surface area (Å²) in [6.45, 7) is 6.05. The maximum absolute atomic E-state index is 12.1. The van der Waals surface area contributed by atoms with E-state index in [9.17, 15) is 4.79 Å². The lowest BCUT2D eigenvalue weighted by Gasteiger charge is -2.31. The van der Waals surface area contributed by atoms with Crippen molar-refractivity contribution in [3.05, 3.63) is 16.1 Å². The van der Waals surface area contributed by atoms with Crippen LogP contribution in [-0.2, 0) is 11.3 Å². The summed E-state index contributed by atoms with van der Waals surface area (Å²) in [7, 11) is 0. The van der Waals surface area contributed by atoms with Crippen LogP contribution in [0.25, 0.3) is 0 Å². The van der Waals surface area contributed by atoms with E-state index in [0.29, 0.717) is 18.3 Å². The standard InChI is InChI=1S/C18H30N4OS.2ClH/c1-13-21-16(12-24-13)11-22-7-5-14(6-8-22)10-20-18(23)9-15-3-2-4-17(15)19;;/h12,14-15,17H,2-11,19H2,1H3,(H,20,23);2*1H/t15-,17+;;/m0../s1. The number of nitrogens with zero attached hydrogens (tertiary/aromatic N) is 2. The zero-order valence-electron chi connectivity index (χ0n) is 15.5. The number of amides is 1. The number of carbonyl (C=O) groups excluding carboxylic acids is 1. The highest BCUT2D eigenvalue weighted by Crippen LogP contribution is 2.26. The molecule has 1 aromatic heterocycles. The van der Waals surface area contributed by atoms with Gasteiger partial charge in [0.2, 0.25) is 5.91 Å². The fraction of sp³-hybridized carbons (Fsp3) is 0.778. The third-order valence-electron chi connectivity index (χ3n) is 5.51. The molecule has 1 saturated carbocycles. The first-order valence-electron chi connectivity index (χ1n) is 9.26. The minimum Gasteiger partial charge on any atom is -0.356 e. The van der Waals surface area contributed by atoms with Crippen molar-refractivity contribution in [2.45, 2.75) is 58.0 Å². The molecule has 1 aliphatic heterocycles. The summed E-state index contributed by atoms with van der Waals surface area (Å²) in [5.41, 5.74) is 7.25. The Kier molecular flexibility index (Phi) is 10.4. The van der Waals surface area contributed by atoms with Crippen LogP contribution in [0.1, 0.15) is 49.2 Å². The van der Waals surface area contributed by atoms with Crippen LogP contribution in [0.2, 0.25) is 0 Å². The SMILES string of the molecule is Cc1nc(CN2CCC(CNC(=O)C[C@@H]3CCC[C@H]3N)CC2)cs1.Cl.Cl. The van der Waals surface area contributed by atoms with Crippen molar-refractivity contribution in [1.29, 1.82) is 0 Å². The van der Waals surface area contributed by atoms with Crippen LogP contribution in [0.5, 0.6) is 0 Å². The number of hydrogen-bond donors (Lipinski definition) is 2. The van der Waals surface area contributed by atoms with E-state index in [1.807, 2.05) is 0 Å². The van der Waals surface area contributed by atoms with Crippen molar-refractivity contribution in [1.82, 2.24) is 15.2 Å². The number of aryl methyl sites for hydroxylation is 1. The van der Waals surface area contributed by atoms with Gasteiger partial charge in [0.1, 0.15) is 0 Å². The molecule has 2 heterocycles. The van der Waals surface area contributed by atoms with Crippen molar-refractivity contribution >= 4 is 42.1 Å². The van der Waals surface area contributed by atoms with Crippen molar-refractivity contribution in [2.75, 3.05) is 19.6 Å². The van der Waals surface area contributed by atoms with Gasteiger partial charge in [0.05, 0.1) is 10.7 Å². The van der Waals surface area contributed by atoms with Crippen LogP contribution in [0.3, 0.4) is 0 Å². The van der Waals surface area contributed by atoms with E-state index in [0.717, 1.165) is 56.9 Å². The van der Waals surface area contributed by atoms with Crippen LogP contribution in [0, 0.1) is 18.8 Å². The first-order chi connectivity index (χ1) is 11.6. The predicted molar refractivity (Wildman–Crippen MR) is 112 cm³/mol. The average molecular weight is 423 g/mol. The number of thiazole rings is 1. The van der Waals surface area contributed by atoms with Crippen molar-refractivity contribution < 1.29 is 4.79 Å². The van der Waals surface area contributed by atoms with Gasteiger partial charge in [0.25, 0.3) is 0 Å². The second-order valence-electron chi connectivity index (χ2n) is 7.44. The molecular weight excluding hydrogens is 391 g/mol. The molecular formula is C18H32Cl2N4OS. The zero-order valence-corrected chi connectivity index (χ0v) is 17.9. The van der Waals surface area contributed by atoms with E-state index in [1.54, 1.807) is 11.3 Å². The van der Waals surface area contributed by atoms with Gasteiger partial charge in [-0.05, 0) is 57.5 Å².